The van der Waals surface area contributed by atoms with E-state index in [1.165, 1.54) is 0 Å². The van der Waals surface area contributed by atoms with Gasteiger partial charge in [0.1, 0.15) is 0 Å². The summed E-state index contributed by atoms with van der Waals surface area (Å²) in [7, 11) is -3.23. The number of sulfone groups is 1. The SMILES string of the molecule is CCCC(C)CS(=O)(=O)c1ccc(N)cc1Br. The van der Waals surface area contributed by atoms with Crippen molar-refractivity contribution in [1.29, 1.82) is 0 Å². The van der Waals surface area contributed by atoms with Gasteiger partial charge in [0.05, 0.1) is 10.6 Å². The molecule has 0 heterocycles. The molecule has 0 aliphatic heterocycles. The summed E-state index contributed by atoms with van der Waals surface area (Å²) >= 11 is 3.25. The lowest BCUT2D eigenvalue weighted by atomic mass is 10.1. The summed E-state index contributed by atoms with van der Waals surface area (Å²) in [5.41, 5.74) is 6.15. The third-order valence-corrected chi connectivity index (χ3v) is 5.53. The van der Waals surface area contributed by atoms with Crippen LogP contribution in [0.3, 0.4) is 0 Å². The minimum Gasteiger partial charge on any atom is -0.399 e. The molecule has 1 aromatic rings. The van der Waals surface area contributed by atoms with Gasteiger partial charge >= 0.3 is 0 Å². The number of hydrogen-bond acceptors (Lipinski definition) is 3. The maximum absolute atomic E-state index is 12.2. The van der Waals surface area contributed by atoms with Crippen molar-refractivity contribution in [3.63, 3.8) is 0 Å². The molecule has 1 unspecified atom stereocenters. The first kappa shape index (κ1) is 14.5. The Morgan fingerprint density at radius 1 is 1.41 bits per heavy atom. The normalized spacial score (nSPS) is 13.6. The average Bonchev–Trinajstić information content (AvgIpc) is 2.15. The summed E-state index contributed by atoms with van der Waals surface area (Å²) in [6, 6.07) is 4.80. The average molecular weight is 320 g/mol. The first-order chi connectivity index (χ1) is 7.86. The number of halogens is 1. The molecule has 0 aliphatic rings. The van der Waals surface area contributed by atoms with Crippen LogP contribution in [-0.4, -0.2) is 14.2 Å². The van der Waals surface area contributed by atoms with Crippen molar-refractivity contribution in [2.24, 2.45) is 5.92 Å². The van der Waals surface area contributed by atoms with Crippen LogP contribution in [-0.2, 0) is 9.84 Å². The molecule has 1 rings (SSSR count). The molecule has 1 atom stereocenters. The van der Waals surface area contributed by atoms with E-state index in [4.69, 9.17) is 5.73 Å². The van der Waals surface area contributed by atoms with E-state index in [9.17, 15) is 8.42 Å². The van der Waals surface area contributed by atoms with E-state index in [2.05, 4.69) is 22.9 Å². The molecule has 0 aliphatic carbocycles. The number of benzene rings is 1. The van der Waals surface area contributed by atoms with Gasteiger partial charge in [0.15, 0.2) is 9.84 Å². The fourth-order valence-corrected chi connectivity index (χ4v) is 4.67. The third-order valence-electron chi connectivity index (χ3n) is 2.58. The van der Waals surface area contributed by atoms with Crippen LogP contribution >= 0.6 is 15.9 Å². The summed E-state index contributed by atoms with van der Waals surface area (Å²) in [6.07, 6.45) is 1.92. The van der Waals surface area contributed by atoms with Crippen LogP contribution in [0.1, 0.15) is 26.7 Å². The summed E-state index contributed by atoms with van der Waals surface area (Å²) in [5.74, 6) is 0.359. The number of nitrogen functional groups attached to an aromatic ring is 1. The van der Waals surface area contributed by atoms with Gasteiger partial charge in [-0.25, -0.2) is 8.42 Å². The lowest BCUT2D eigenvalue weighted by Gasteiger charge is -2.12. The van der Waals surface area contributed by atoms with Gasteiger partial charge in [-0.1, -0.05) is 20.3 Å². The van der Waals surface area contributed by atoms with Gasteiger partial charge in [-0.2, -0.15) is 0 Å². The zero-order valence-electron chi connectivity index (χ0n) is 10.1. The highest BCUT2D eigenvalue weighted by atomic mass is 79.9. The molecule has 0 bridgehead atoms. The fraction of sp³-hybridized carbons (Fsp3) is 0.500. The highest BCUT2D eigenvalue weighted by molar-refractivity contribution is 9.10. The summed E-state index contributed by atoms with van der Waals surface area (Å²) in [6.45, 7) is 4.02. The molecule has 1 aromatic carbocycles. The van der Waals surface area contributed by atoms with Crippen LogP contribution in [0.4, 0.5) is 5.69 Å². The van der Waals surface area contributed by atoms with E-state index in [1.807, 2.05) is 6.92 Å². The van der Waals surface area contributed by atoms with E-state index in [0.717, 1.165) is 12.8 Å². The van der Waals surface area contributed by atoms with Crippen LogP contribution in [0.5, 0.6) is 0 Å². The van der Waals surface area contributed by atoms with Gasteiger partial charge in [0, 0.05) is 10.2 Å². The number of nitrogens with two attached hydrogens (primary N) is 1. The largest absolute Gasteiger partial charge is 0.399 e. The van der Waals surface area contributed by atoms with Gasteiger partial charge in [-0.05, 0) is 46.5 Å². The maximum atomic E-state index is 12.2. The summed E-state index contributed by atoms with van der Waals surface area (Å²) < 4.78 is 24.9. The molecule has 0 radical (unpaired) electrons. The van der Waals surface area contributed by atoms with Gasteiger partial charge < -0.3 is 5.73 Å². The molecule has 0 saturated heterocycles. The van der Waals surface area contributed by atoms with Crippen molar-refractivity contribution in [3.8, 4) is 0 Å². The Hall–Kier alpha value is -0.550. The van der Waals surface area contributed by atoms with Gasteiger partial charge in [-0.15, -0.1) is 0 Å². The molecule has 0 saturated carbocycles. The van der Waals surface area contributed by atoms with Crippen LogP contribution in [0.15, 0.2) is 27.6 Å². The Labute approximate surface area is 111 Å². The lowest BCUT2D eigenvalue weighted by molar-refractivity contribution is 0.545. The van der Waals surface area contributed by atoms with Crippen molar-refractivity contribution in [2.45, 2.75) is 31.6 Å². The highest BCUT2D eigenvalue weighted by Gasteiger charge is 2.20. The lowest BCUT2D eigenvalue weighted by Crippen LogP contribution is -2.14. The standard InChI is InChI=1S/C12H18BrNO2S/c1-3-4-9(2)8-17(15,16)12-6-5-10(14)7-11(12)13/h5-7,9H,3-4,8,14H2,1-2H3. The molecule has 0 amide bonds. The van der Waals surface area contributed by atoms with Crippen molar-refractivity contribution >= 4 is 31.5 Å². The predicted molar refractivity (Wildman–Crippen MR) is 74.7 cm³/mol. The molecule has 0 aromatic heterocycles. The molecule has 96 valence electrons. The van der Waals surface area contributed by atoms with E-state index in [1.54, 1.807) is 18.2 Å². The minimum atomic E-state index is -3.23. The molecule has 0 fully saturated rings. The van der Waals surface area contributed by atoms with Gasteiger partial charge in [0.2, 0.25) is 0 Å². The van der Waals surface area contributed by atoms with E-state index >= 15 is 0 Å². The van der Waals surface area contributed by atoms with E-state index in [-0.39, 0.29) is 11.7 Å². The van der Waals surface area contributed by atoms with Crippen LogP contribution in [0.25, 0.3) is 0 Å². The topological polar surface area (TPSA) is 60.2 Å². The maximum Gasteiger partial charge on any atom is 0.179 e. The zero-order chi connectivity index (χ0) is 13.1. The Balaban J connectivity index is 2.97. The molecular formula is C12H18BrNO2S. The first-order valence-electron chi connectivity index (χ1n) is 5.64. The van der Waals surface area contributed by atoms with E-state index < -0.39 is 9.84 Å². The number of hydrogen-bond donors (Lipinski definition) is 1. The monoisotopic (exact) mass is 319 g/mol. The second-order valence-corrected chi connectivity index (χ2v) is 7.22. The Morgan fingerprint density at radius 2 is 2.06 bits per heavy atom. The first-order valence-corrected chi connectivity index (χ1v) is 8.09. The second-order valence-electron chi connectivity index (χ2n) is 4.37. The Kier molecular flexibility index (Phi) is 5.01. The molecule has 2 N–H and O–H groups in total. The fourth-order valence-electron chi connectivity index (χ4n) is 1.81. The summed E-state index contributed by atoms with van der Waals surface area (Å²) in [4.78, 5) is 0.328. The third kappa shape index (κ3) is 4.00. The van der Waals surface area contributed by atoms with Crippen molar-refractivity contribution in [2.75, 3.05) is 11.5 Å². The minimum absolute atomic E-state index is 0.175. The van der Waals surface area contributed by atoms with Crippen LogP contribution in [0.2, 0.25) is 0 Å². The van der Waals surface area contributed by atoms with Gasteiger partial charge in [0.25, 0.3) is 0 Å². The predicted octanol–water partition coefficient (Wildman–Crippen LogP) is 3.24. The summed E-state index contributed by atoms with van der Waals surface area (Å²) in [5, 5.41) is 0. The van der Waals surface area contributed by atoms with Crippen molar-refractivity contribution < 1.29 is 8.42 Å². The molecule has 3 nitrogen and oxygen atoms in total. The van der Waals surface area contributed by atoms with Crippen molar-refractivity contribution in [1.82, 2.24) is 0 Å². The second kappa shape index (κ2) is 5.87. The molecule has 17 heavy (non-hydrogen) atoms. The van der Waals surface area contributed by atoms with Gasteiger partial charge in [-0.3, -0.25) is 0 Å². The zero-order valence-corrected chi connectivity index (χ0v) is 12.5. The quantitative estimate of drug-likeness (QED) is 0.847. The Morgan fingerprint density at radius 3 is 2.59 bits per heavy atom. The molecule has 5 heteroatoms. The molecular weight excluding hydrogens is 302 g/mol. The van der Waals surface area contributed by atoms with E-state index in [0.29, 0.717) is 15.1 Å². The Bertz CT molecular complexity index is 485. The van der Waals surface area contributed by atoms with Crippen LogP contribution in [0, 0.1) is 5.92 Å². The smallest absolute Gasteiger partial charge is 0.179 e. The van der Waals surface area contributed by atoms with Crippen LogP contribution < -0.4 is 5.73 Å². The highest BCUT2D eigenvalue weighted by Crippen LogP contribution is 2.26. The molecule has 0 spiro atoms. The van der Waals surface area contributed by atoms with Crippen molar-refractivity contribution in [3.05, 3.63) is 22.7 Å². The number of rotatable bonds is 5. The number of anilines is 1.